The number of hydrogen-bond donors (Lipinski definition) is 1. The third-order valence-corrected chi connectivity index (χ3v) is 4.72. The fourth-order valence-electron chi connectivity index (χ4n) is 3.54. The van der Waals surface area contributed by atoms with E-state index in [2.05, 4.69) is 17.4 Å². The lowest BCUT2D eigenvalue weighted by Gasteiger charge is -2.42. The molecule has 1 N–H and O–H groups in total. The summed E-state index contributed by atoms with van der Waals surface area (Å²) < 4.78 is 5.58. The van der Waals surface area contributed by atoms with Crippen molar-refractivity contribution in [2.45, 2.75) is 31.3 Å². The number of morpholine rings is 1. The van der Waals surface area contributed by atoms with Gasteiger partial charge in [-0.2, -0.15) is 0 Å². The van der Waals surface area contributed by atoms with Crippen LogP contribution in [-0.2, 0) is 14.9 Å². The number of nitrogens with zero attached hydrogens (tertiary/aromatic N) is 1. The monoisotopic (exact) mass is 288 g/mol. The minimum Gasteiger partial charge on any atom is -0.375 e. The molecule has 21 heavy (non-hydrogen) atoms. The van der Waals surface area contributed by atoms with Gasteiger partial charge < -0.3 is 15.0 Å². The van der Waals surface area contributed by atoms with E-state index in [1.54, 1.807) is 0 Å². The van der Waals surface area contributed by atoms with Crippen molar-refractivity contribution in [2.75, 3.05) is 32.8 Å². The van der Waals surface area contributed by atoms with Crippen LogP contribution in [0.15, 0.2) is 30.3 Å². The Kier molecular flexibility index (Phi) is 4.27. The summed E-state index contributed by atoms with van der Waals surface area (Å²) >= 11 is 0. The maximum Gasteiger partial charge on any atom is 0.233 e. The number of carbonyl (C=O) groups is 1. The number of amides is 1. The summed E-state index contributed by atoms with van der Waals surface area (Å²) in [5.41, 5.74) is 0.805. The number of carbonyl (C=O) groups excluding carboxylic acids is 1. The third kappa shape index (κ3) is 2.83. The van der Waals surface area contributed by atoms with E-state index in [1.807, 2.05) is 30.0 Å². The van der Waals surface area contributed by atoms with Crippen LogP contribution in [-0.4, -0.2) is 49.7 Å². The Morgan fingerprint density at radius 2 is 2.00 bits per heavy atom. The molecule has 114 valence electrons. The molecular formula is C17H24N2O2. The summed E-state index contributed by atoms with van der Waals surface area (Å²) in [7, 11) is 0. The largest absolute Gasteiger partial charge is 0.375 e. The van der Waals surface area contributed by atoms with Gasteiger partial charge >= 0.3 is 0 Å². The highest BCUT2D eigenvalue weighted by atomic mass is 16.5. The molecule has 4 heteroatoms. The number of piperidine rings is 1. The lowest BCUT2D eigenvalue weighted by Crippen LogP contribution is -2.55. The molecule has 0 radical (unpaired) electrons. The molecule has 1 amide bonds. The van der Waals surface area contributed by atoms with Gasteiger partial charge in [-0.25, -0.2) is 0 Å². The van der Waals surface area contributed by atoms with Crippen LogP contribution in [0.5, 0.6) is 0 Å². The molecule has 2 saturated heterocycles. The predicted molar refractivity (Wildman–Crippen MR) is 82.2 cm³/mol. The molecule has 2 aliphatic heterocycles. The molecule has 4 nitrogen and oxygen atoms in total. The van der Waals surface area contributed by atoms with Gasteiger partial charge in [-0.05, 0) is 38.4 Å². The summed E-state index contributed by atoms with van der Waals surface area (Å²) in [6.07, 6.45) is 1.89. The fraction of sp³-hybridized carbons (Fsp3) is 0.588. The standard InChI is InChI=1S/C17H24N2O2/c1-14-13-19(11-12-21-14)16(20)17(7-9-18-10-8-17)15-5-3-2-4-6-15/h2-6,14,18H,7-13H2,1H3. The number of benzene rings is 1. The molecule has 1 atom stereocenters. The molecule has 0 aromatic heterocycles. The molecule has 3 rings (SSSR count). The first-order valence-corrected chi connectivity index (χ1v) is 7.90. The van der Waals surface area contributed by atoms with Gasteiger partial charge in [0.25, 0.3) is 0 Å². The zero-order chi connectivity index (χ0) is 14.7. The SMILES string of the molecule is CC1CN(C(=O)C2(c3ccccc3)CCNCC2)CCO1. The number of ether oxygens (including phenoxy) is 1. The first-order valence-electron chi connectivity index (χ1n) is 7.90. The van der Waals surface area contributed by atoms with E-state index in [1.165, 1.54) is 0 Å². The molecule has 1 aromatic carbocycles. The molecule has 0 saturated carbocycles. The maximum absolute atomic E-state index is 13.3. The first-order chi connectivity index (χ1) is 10.2. The van der Waals surface area contributed by atoms with E-state index in [-0.39, 0.29) is 17.4 Å². The second-order valence-corrected chi connectivity index (χ2v) is 6.13. The van der Waals surface area contributed by atoms with Gasteiger partial charge in [-0.1, -0.05) is 30.3 Å². The topological polar surface area (TPSA) is 41.6 Å². The second-order valence-electron chi connectivity index (χ2n) is 6.13. The highest BCUT2D eigenvalue weighted by Crippen LogP contribution is 2.36. The molecule has 2 aliphatic rings. The van der Waals surface area contributed by atoms with Crippen LogP contribution in [0.1, 0.15) is 25.3 Å². The van der Waals surface area contributed by atoms with Crippen molar-refractivity contribution in [3.63, 3.8) is 0 Å². The van der Waals surface area contributed by atoms with Crippen LogP contribution in [0.2, 0.25) is 0 Å². The zero-order valence-electron chi connectivity index (χ0n) is 12.7. The summed E-state index contributed by atoms with van der Waals surface area (Å²) in [5, 5.41) is 3.38. The Balaban J connectivity index is 1.90. The Labute approximate surface area is 126 Å². The Morgan fingerprint density at radius 1 is 1.29 bits per heavy atom. The van der Waals surface area contributed by atoms with E-state index < -0.39 is 0 Å². The average Bonchev–Trinajstić information content (AvgIpc) is 2.55. The maximum atomic E-state index is 13.3. The van der Waals surface area contributed by atoms with Crippen LogP contribution in [0.25, 0.3) is 0 Å². The van der Waals surface area contributed by atoms with Crippen LogP contribution >= 0.6 is 0 Å². The zero-order valence-corrected chi connectivity index (χ0v) is 12.7. The van der Waals surface area contributed by atoms with E-state index >= 15 is 0 Å². The van der Waals surface area contributed by atoms with Crippen molar-refractivity contribution in [3.8, 4) is 0 Å². The summed E-state index contributed by atoms with van der Waals surface area (Å²) in [6.45, 7) is 5.92. The van der Waals surface area contributed by atoms with Crippen LogP contribution in [0.3, 0.4) is 0 Å². The summed E-state index contributed by atoms with van der Waals surface area (Å²) in [5.74, 6) is 0.283. The summed E-state index contributed by atoms with van der Waals surface area (Å²) in [6, 6.07) is 10.3. The highest BCUT2D eigenvalue weighted by Gasteiger charge is 2.44. The van der Waals surface area contributed by atoms with Crippen molar-refractivity contribution >= 4 is 5.91 Å². The molecule has 2 fully saturated rings. The molecular weight excluding hydrogens is 264 g/mol. The number of rotatable bonds is 2. The van der Waals surface area contributed by atoms with Crippen molar-refractivity contribution in [3.05, 3.63) is 35.9 Å². The Hall–Kier alpha value is -1.39. The van der Waals surface area contributed by atoms with Crippen LogP contribution in [0, 0.1) is 0 Å². The van der Waals surface area contributed by atoms with Gasteiger partial charge in [0, 0.05) is 13.1 Å². The van der Waals surface area contributed by atoms with Crippen LogP contribution < -0.4 is 5.32 Å². The lowest BCUT2D eigenvalue weighted by atomic mass is 9.72. The smallest absolute Gasteiger partial charge is 0.233 e. The minimum atomic E-state index is -0.358. The summed E-state index contributed by atoms with van der Waals surface area (Å²) in [4.78, 5) is 15.3. The van der Waals surface area contributed by atoms with Gasteiger partial charge in [-0.3, -0.25) is 4.79 Å². The van der Waals surface area contributed by atoms with E-state index in [0.717, 1.165) is 31.5 Å². The van der Waals surface area contributed by atoms with Gasteiger partial charge in [-0.15, -0.1) is 0 Å². The third-order valence-electron chi connectivity index (χ3n) is 4.72. The van der Waals surface area contributed by atoms with E-state index in [4.69, 9.17) is 4.74 Å². The highest BCUT2D eigenvalue weighted by molar-refractivity contribution is 5.88. The number of nitrogens with one attached hydrogen (secondary N) is 1. The first kappa shape index (κ1) is 14.5. The lowest BCUT2D eigenvalue weighted by molar-refractivity contribution is -0.145. The molecule has 1 unspecified atom stereocenters. The van der Waals surface area contributed by atoms with Gasteiger partial charge in [0.2, 0.25) is 5.91 Å². The predicted octanol–water partition coefficient (Wildman–Crippen LogP) is 1.56. The Bertz CT molecular complexity index is 483. The number of hydrogen-bond acceptors (Lipinski definition) is 3. The van der Waals surface area contributed by atoms with E-state index in [0.29, 0.717) is 19.7 Å². The van der Waals surface area contributed by atoms with Gasteiger partial charge in [0.05, 0.1) is 18.1 Å². The average molecular weight is 288 g/mol. The van der Waals surface area contributed by atoms with Crippen molar-refractivity contribution in [2.24, 2.45) is 0 Å². The van der Waals surface area contributed by atoms with Crippen LogP contribution in [0.4, 0.5) is 0 Å². The van der Waals surface area contributed by atoms with Gasteiger partial charge in [0.15, 0.2) is 0 Å². The molecule has 1 aromatic rings. The molecule has 0 aliphatic carbocycles. The molecule has 2 heterocycles. The normalized spacial score (nSPS) is 25.6. The van der Waals surface area contributed by atoms with Crippen molar-refractivity contribution in [1.82, 2.24) is 10.2 Å². The quantitative estimate of drug-likeness (QED) is 0.898. The van der Waals surface area contributed by atoms with Crippen molar-refractivity contribution < 1.29 is 9.53 Å². The fourth-order valence-corrected chi connectivity index (χ4v) is 3.54. The Morgan fingerprint density at radius 3 is 2.67 bits per heavy atom. The molecule has 0 spiro atoms. The van der Waals surface area contributed by atoms with Gasteiger partial charge in [0.1, 0.15) is 0 Å². The van der Waals surface area contributed by atoms with Crippen molar-refractivity contribution in [1.29, 1.82) is 0 Å². The minimum absolute atomic E-state index is 0.136. The molecule has 0 bridgehead atoms. The second kappa shape index (κ2) is 6.16. The van der Waals surface area contributed by atoms with E-state index in [9.17, 15) is 4.79 Å².